The largest absolute Gasteiger partial charge is 0.453 e. The number of amides is 1. The Hall–Kier alpha value is -2.71. The number of rotatable bonds is 6. The molecule has 2 atom stereocenters. The third-order valence-corrected chi connectivity index (χ3v) is 6.30. The summed E-state index contributed by atoms with van der Waals surface area (Å²) in [6, 6.07) is 16.4. The second-order valence-corrected chi connectivity index (χ2v) is 8.81. The zero-order chi connectivity index (χ0) is 20.1. The fourth-order valence-electron chi connectivity index (χ4n) is 3.18. The van der Waals surface area contributed by atoms with Gasteiger partial charge in [-0.3, -0.25) is 4.79 Å². The number of aliphatic hydroxyl groups is 1. The number of benzene rings is 2. The zero-order valence-electron chi connectivity index (χ0n) is 15.1. The van der Waals surface area contributed by atoms with Gasteiger partial charge >= 0.3 is 5.97 Å². The lowest BCUT2D eigenvalue weighted by molar-refractivity contribution is -0.156. The van der Waals surface area contributed by atoms with E-state index in [0.717, 1.165) is 0 Å². The summed E-state index contributed by atoms with van der Waals surface area (Å²) in [5, 5.41) is 10.1. The summed E-state index contributed by atoms with van der Waals surface area (Å²) >= 11 is 0. The molecule has 0 bridgehead atoms. The number of carbonyl (C=O) groups is 2. The van der Waals surface area contributed by atoms with Crippen LogP contribution in [0.2, 0.25) is 0 Å². The van der Waals surface area contributed by atoms with E-state index in [2.05, 4.69) is 0 Å². The predicted molar refractivity (Wildman–Crippen MR) is 103 cm³/mol. The lowest BCUT2D eigenvalue weighted by Gasteiger charge is -2.28. The molecular weight excluding hydrogens is 382 g/mol. The molecule has 1 amide bonds. The molecule has 1 fully saturated rings. The van der Waals surface area contributed by atoms with Gasteiger partial charge in [0.15, 0.2) is 22.5 Å². The van der Waals surface area contributed by atoms with Crippen LogP contribution in [0.1, 0.15) is 18.1 Å². The molecule has 0 spiro atoms. The Morgan fingerprint density at radius 1 is 1.07 bits per heavy atom. The average molecular weight is 403 g/mol. The van der Waals surface area contributed by atoms with Gasteiger partial charge in [-0.05, 0) is 24.1 Å². The third kappa shape index (κ3) is 4.76. The Morgan fingerprint density at radius 2 is 1.68 bits per heavy atom. The summed E-state index contributed by atoms with van der Waals surface area (Å²) in [7, 11) is -3.20. The van der Waals surface area contributed by atoms with E-state index in [1.54, 1.807) is 60.7 Å². The van der Waals surface area contributed by atoms with Gasteiger partial charge in [-0.2, -0.15) is 0 Å². The number of para-hydroxylation sites is 1. The molecule has 2 aromatic rings. The van der Waals surface area contributed by atoms with Crippen molar-refractivity contribution in [1.29, 1.82) is 0 Å². The van der Waals surface area contributed by atoms with Crippen LogP contribution in [-0.4, -0.2) is 49.6 Å². The van der Waals surface area contributed by atoms with E-state index in [4.69, 9.17) is 4.74 Å². The summed E-state index contributed by atoms with van der Waals surface area (Å²) in [5.74, 6) is -1.59. The van der Waals surface area contributed by atoms with Gasteiger partial charge in [0.1, 0.15) is 0 Å². The van der Waals surface area contributed by atoms with E-state index in [1.165, 1.54) is 4.90 Å². The van der Waals surface area contributed by atoms with E-state index < -0.39 is 40.5 Å². The smallest absolute Gasteiger partial charge is 0.340 e. The molecule has 148 valence electrons. The number of hydrogen-bond donors (Lipinski definition) is 1. The molecule has 0 unspecified atom stereocenters. The van der Waals surface area contributed by atoms with Crippen LogP contribution in [-0.2, 0) is 24.2 Å². The topological polar surface area (TPSA) is 101 Å². The van der Waals surface area contributed by atoms with Crippen molar-refractivity contribution < 1.29 is 27.9 Å². The van der Waals surface area contributed by atoms with Crippen molar-refractivity contribution in [2.45, 2.75) is 18.6 Å². The molecule has 1 heterocycles. The van der Waals surface area contributed by atoms with E-state index in [9.17, 15) is 23.1 Å². The third-order valence-electron chi connectivity index (χ3n) is 4.55. The fraction of sp³-hybridized carbons (Fsp3) is 0.300. The molecule has 28 heavy (non-hydrogen) atoms. The average Bonchev–Trinajstić information content (AvgIpc) is 3.06. The summed E-state index contributed by atoms with van der Waals surface area (Å²) in [5.41, 5.74) is 0.899. The highest BCUT2D eigenvalue weighted by molar-refractivity contribution is 7.91. The molecule has 1 saturated heterocycles. The maximum Gasteiger partial charge on any atom is 0.340 e. The molecule has 1 aliphatic rings. The summed E-state index contributed by atoms with van der Waals surface area (Å²) in [6.07, 6.45) is -1.17. The number of anilines is 1. The quantitative estimate of drug-likeness (QED) is 0.734. The number of ether oxygens (including phenoxy) is 1. The SMILES string of the molecule is O=C(OCC(=O)N(c1ccccc1)[C@H]1CCS(=O)(=O)C1)[C@@H](O)c1ccccc1. The lowest BCUT2D eigenvalue weighted by atomic mass is 10.1. The van der Waals surface area contributed by atoms with Gasteiger partial charge in [0, 0.05) is 5.69 Å². The first-order valence-corrected chi connectivity index (χ1v) is 10.7. The van der Waals surface area contributed by atoms with Gasteiger partial charge in [0.2, 0.25) is 0 Å². The maximum atomic E-state index is 12.8. The number of esters is 1. The number of aliphatic hydroxyl groups excluding tert-OH is 1. The van der Waals surface area contributed by atoms with Crippen molar-refractivity contribution in [3.05, 3.63) is 66.2 Å². The molecular formula is C20H21NO6S. The Bertz CT molecular complexity index is 930. The monoisotopic (exact) mass is 403 g/mol. The minimum Gasteiger partial charge on any atom is -0.453 e. The Kier molecular flexibility index (Phi) is 6.11. The first-order chi connectivity index (χ1) is 13.4. The number of hydrogen-bond acceptors (Lipinski definition) is 6. The van der Waals surface area contributed by atoms with Gasteiger partial charge in [-0.15, -0.1) is 0 Å². The van der Waals surface area contributed by atoms with Crippen LogP contribution in [0.3, 0.4) is 0 Å². The van der Waals surface area contributed by atoms with E-state index in [-0.39, 0.29) is 11.5 Å². The Labute approximate surface area is 163 Å². The molecule has 1 aliphatic heterocycles. The summed E-state index contributed by atoms with van der Waals surface area (Å²) in [6.45, 7) is -0.589. The van der Waals surface area contributed by atoms with Crippen LogP contribution < -0.4 is 4.90 Å². The highest BCUT2D eigenvalue weighted by atomic mass is 32.2. The molecule has 1 N–H and O–H groups in total. The van der Waals surface area contributed by atoms with Crippen LogP contribution in [0.25, 0.3) is 0 Å². The molecule has 0 radical (unpaired) electrons. The fourth-order valence-corrected chi connectivity index (χ4v) is 4.88. The summed E-state index contributed by atoms with van der Waals surface area (Å²) < 4.78 is 28.7. The van der Waals surface area contributed by atoms with Crippen LogP contribution in [0.4, 0.5) is 5.69 Å². The number of carbonyl (C=O) groups excluding carboxylic acids is 2. The van der Waals surface area contributed by atoms with Crippen molar-refractivity contribution in [2.75, 3.05) is 23.0 Å². The number of nitrogens with zero attached hydrogens (tertiary/aromatic N) is 1. The minimum atomic E-state index is -3.20. The van der Waals surface area contributed by atoms with Crippen molar-refractivity contribution in [2.24, 2.45) is 0 Å². The molecule has 0 aromatic heterocycles. The normalized spacial score (nSPS) is 19.0. The Balaban J connectivity index is 1.70. The van der Waals surface area contributed by atoms with Crippen molar-refractivity contribution >= 4 is 27.4 Å². The van der Waals surface area contributed by atoms with Gasteiger partial charge in [-0.1, -0.05) is 48.5 Å². The van der Waals surface area contributed by atoms with E-state index in [1.807, 2.05) is 0 Å². The first kappa shape index (κ1) is 20.0. The van der Waals surface area contributed by atoms with Crippen molar-refractivity contribution in [3.63, 3.8) is 0 Å². The zero-order valence-corrected chi connectivity index (χ0v) is 15.9. The number of sulfone groups is 1. The van der Waals surface area contributed by atoms with Gasteiger partial charge in [0.05, 0.1) is 17.5 Å². The van der Waals surface area contributed by atoms with Crippen LogP contribution in [0, 0.1) is 0 Å². The van der Waals surface area contributed by atoms with Gasteiger partial charge in [-0.25, -0.2) is 13.2 Å². The summed E-state index contributed by atoms with van der Waals surface area (Å²) in [4.78, 5) is 26.2. The molecule has 3 rings (SSSR count). The van der Waals surface area contributed by atoms with Crippen molar-refractivity contribution in [1.82, 2.24) is 0 Å². The van der Waals surface area contributed by atoms with Crippen LogP contribution in [0.5, 0.6) is 0 Å². The lowest BCUT2D eigenvalue weighted by Crippen LogP contribution is -2.43. The Morgan fingerprint density at radius 3 is 2.25 bits per heavy atom. The highest BCUT2D eigenvalue weighted by Crippen LogP contribution is 2.25. The van der Waals surface area contributed by atoms with Crippen molar-refractivity contribution in [3.8, 4) is 0 Å². The molecule has 0 aliphatic carbocycles. The molecule has 0 saturated carbocycles. The van der Waals surface area contributed by atoms with E-state index in [0.29, 0.717) is 17.7 Å². The molecule has 7 nitrogen and oxygen atoms in total. The second kappa shape index (κ2) is 8.53. The van der Waals surface area contributed by atoms with Crippen LogP contribution in [0.15, 0.2) is 60.7 Å². The van der Waals surface area contributed by atoms with Crippen LogP contribution >= 0.6 is 0 Å². The predicted octanol–water partition coefficient (Wildman–Crippen LogP) is 1.48. The van der Waals surface area contributed by atoms with Gasteiger partial charge in [0.25, 0.3) is 5.91 Å². The second-order valence-electron chi connectivity index (χ2n) is 6.58. The maximum absolute atomic E-state index is 12.8. The molecule has 2 aromatic carbocycles. The highest BCUT2D eigenvalue weighted by Gasteiger charge is 2.36. The molecule has 8 heteroatoms. The van der Waals surface area contributed by atoms with E-state index >= 15 is 0 Å². The first-order valence-electron chi connectivity index (χ1n) is 8.84. The standard InChI is InChI=1S/C20H21NO6S/c22-18(13-27-20(24)19(23)15-7-3-1-4-8-15)21(16-9-5-2-6-10-16)17-11-12-28(25,26)14-17/h1-10,17,19,23H,11-14H2/t17-,19-/m0/s1. The minimum absolute atomic E-state index is 0.0147. The van der Waals surface area contributed by atoms with Gasteiger partial charge < -0.3 is 14.7 Å².